The van der Waals surface area contributed by atoms with Gasteiger partial charge in [-0.05, 0) is 31.5 Å². The monoisotopic (exact) mass is 419 g/mol. The standard InChI is InChI=1S/C22H21N5O2S/c1-14-9-10-19(29-3)17(11-14)18-13-30-22(23-18)24-21(28)20-15(2)27(26-25-20)12-16-7-5-4-6-8-16/h4-11,13H,12H2,1-3H3,(H,23,24,28). The first-order chi connectivity index (χ1) is 14.5. The Morgan fingerprint density at radius 2 is 1.97 bits per heavy atom. The van der Waals surface area contributed by atoms with Gasteiger partial charge in [-0.2, -0.15) is 0 Å². The molecular formula is C22H21N5O2S. The first-order valence-corrected chi connectivity index (χ1v) is 10.3. The topological polar surface area (TPSA) is 81.9 Å². The molecule has 2 aromatic carbocycles. The highest BCUT2D eigenvalue weighted by Crippen LogP contribution is 2.33. The van der Waals surface area contributed by atoms with Crippen LogP contribution in [0.25, 0.3) is 11.3 Å². The minimum absolute atomic E-state index is 0.288. The number of benzene rings is 2. The number of nitrogens with zero attached hydrogens (tertiary/aromatic N) is 4. The Morgan fingerprint density at radius 3 is 2.73 bits per heavy atom. The van der Waals surface area contributed by atoms with Crippen molar-refractivity contribution in [2.75, 3.05) is 12.4 Å². The van der Waals surface area contributed by atoms with Gasteiger partial charge in [0.2, 0.25) is 0 Å². The van der Waals surface area contributed by atoms with Crippen molar-refractivity contribution >= 4 is 22.4 Å². The third-order valence-corrected chi connectivity index (χ3v) is 5.49. The van der Waals surface area contributed by atoms with Crippen LogP contribution in [0.15, 0.2) is 53.9 Å². The molecule has 152 valence electrons. The Bertz CT molecular complexity index is 1180. The van der Waals surface area contributed by atoms with Gasteiger partial charge >= 0.3 is 0 Å². The molecule has 0 saturated carbocycles. The van der Waals surface area contributed by atoms with E-state index in [0.29, 0.717) is 17.4 Å². The number of carbonyl (C=O) groups excluding carboxylic acids is 1. The van der Waals surface area contributed by atoms with Gasteiger partial charge in [0.1, 0.15) is 5.75 Å². The summed E-state index contributed by atoms with van der Waals surface area (Å²) < 4.78 is 7.16. The van der Waals surface area contributed by atoms with Crippen molar-refractivity contribution in [3.8, 4) is 17.0 Å². The van der Waals surface area contributed by atoms with E-state index in [4.69, 9.17) is 4.74 Å². The number of thiazole rings is 1. The van der Waals surface area contributed by atoms with Crippen LogP contribution in [-0.2, 0) is 6.54 Å². The van der Waals surface area contributed by atoms with Crippen molar-refractivity contribution in [2.45, 2.75) is 20.4 Å². The number of rotatable bonds is 6. The minimum Gasteiger partial charge on any atom is -0.496 e. The Labute approximate surface area is 178 Å². The summed E-state index contributed by atoms with van der Waals surface area (Å²) in [4.78, 5) is 17.3. The Balaban J connectivity index is 1.51. The van der Waals surface area contributed by atoms with Crippen LogP contribution in [0.4, 0.5) is 5.13 Å². The van der Waals surface area contributed by atoms with E-state index < -0.39 is 0 Å². The Hall–Kier alpha value is -3.52. The van der Waals surface area contributed by atoms with Gasteiger partial charge < -0.3 is 4.74 Å². The zero-order chi connectivity index (χ0) is 21.1. The predicted molar refractivity (Wildman–Crippen MR) is 117 cm³/mol. The molecule has 7 nitrogen and oxygen atoms in total. The molecule has 0 aliphatic carbocycles. The summed E-state index contributed by atoms with van der Waals surface area (Å²) >= 11 is 1.35. The largest absolute Gasteiger partial charge is 0.496 e. The molecule has 0 spiro atoms. The molecule has 0 bridgehead atoms. The molecule has 0 fully saturated rings. The van der Waals surface area contributed by atoms with Gasteiger partial charge in [0.25, 0.3) is 5.91 Å². The lowest BCUT2D eigenvalue weighted by atomic mass is 10.1. The fourth-order valence-electron chi connectivity index (χ4n) is 3.11. The Morgan fingerprint density at radius 1 is 1.17 bits per heavy atom. The van der Waals surface area contributed by atoms with E-state index >= 15 is 0 Å². The van der Waals surface area contributed by atoms with Gasteiger partial charge in [-0.1, -0.05) is 47.2 Å². The molecule has 4 aromatic rings. The smallest absolute Gasteiger partial charge is 0.279 e. The number of hydrogen-bond donors (Lipinski definition) is 1. The van der Waals surface area contributed by atoms with Crippen molar-refractivity contribution < 1.29 is 9.53 Å². The molecule has 0 aliphatic rings. The van der Waals surface area contributed by atoms with Crippen LogP contribution in [0.5, 0.6) is 5.75 Å². The van der Waals surface area contributed by atoms with Gasteiger partial charge in [0.15, 0.2) is 10.8 Å². The predicted octanol–water partition coefficient (Wildman–Crippen LogP) is 4.33. The van der Waals surface area contributed by atoms with Gasteiger partial charge in [0.05, 0.1) is 25.0 Å². The molecule has 4 rings (SSSR count). The van der Waals surface area contributed by atoms with Crippen LogP contribution in [0.3, 0.4) is 0 Å². The number of hydrogen-bond acceptors (Lipinski definition) is 6. The number of anilines is 1. The fraction of sp³-hybridized carbons (Fsp3) is 0.182. The first kappa shape index (κ1) is 19.8. The number of nitrogens with one attached hydrogen (secondary N) is 1. The van der Waals surface area contributed by atoms with Gasteiger partial charge in [-0.25, -0.2) is 9.67 Å². The van der Waals surface area contributed by atoms with Gasteiger partial charge in [-0.3, -0.25) is 10.1 Å². The SMILES string of the molecule is COc1ccc(C)cc1-c1csc(NC(=O)c2nnn(Cc3ccccc3)c2C)n1. The molecule has 2 heterocycles. The highest BCUT2D eigenvalue weighted by atomic mass is 32.1. The quantitative estimate of drug-likeness (QED) is 0.503. The Kier molecular flexibility index (Phi) is 5.58. The maximum absolute atomic E-state index is 12.7. The van der Waals surface area contributed by atoms with Crippen molar-refractivity contribution in [2.24, 2.45) is 0 Å². The number of carbonyl (C=O) groups is 1. The van der Waals surface area contributed by atoms with Crippen molar-refractivity contribution in [3.05, 3.63) is 76.4 Å². The number of methoxy groups -OCH3 is 1. The van der Waals surface area contributed by atoms with E-state index in [1.165, 1.54) is 11.3 Å². The second kappa shape index (κ2) is 8.46. The molecule has 1 amide bonds. The molecular weight excluding hydrogens is 398 g/mol. The summed E-state index contributed by atoms with van der Waals surface area (Å²) in [6, 6.07) is 15.8. The van der Waals surface area contributed by atoms with E-state index in [0.717, 1.165) is 28.1 Å². The van der Waals surface area contributed by atoms with Crippen molar-refractivity contribution in [3.63, 3.8) is 0 Å². The highest BCUT2D eigenvalue weighted by molar-refractivity contribution is 7.14. The molecule has 30 heavy (non-hydrogen) atoms. The second-order valence-electron chi connectivity index (χ2n) is 6.86. The first-order valence-electron chi connectivity index (χ1n) is 9.41. The zero-order valence-electron chi connectivity index (χ0n) is 16.9. The molecule has 0 radical (unpaired) electrons. The molecule has 0 aliphatic heterocycles. The third-order valence-electron chi connectivity index (χ3n) is 4.73. The summed E-state index contributed by atoms with van der Waals surface area (Å²) in [5.74, 6) is 0.410. The maximum atomic E-state index is 12.7. The van der Waals surface area contributed by atoms with E-state index in [9.17, 15) is 4.79 Å². The molecule has 1 N–H and O–H groups in total. The number of ether oxygens (including phenoxy) is 1. The zero-order valence-corrected chi connectivity index (χ0v) is 17.7. The lowest BCUT2D eigenvalue weighted by Crippen LogP contribution is -2.14. The van der Waals surface area contributed by atoms with E-state index in [1.54, 1.807) is 11.8 Å². The lowest BCUT2D eigenvalue weighted by Gasteiger charge is -2.07. The highest BCUT2D eigenvalue weighted by Gasteiger charge is 2.19. The maximum Gasteiger partial charge on any atom is 0.279 e. The van der Waals surface area contributed by atoms with Crippen LogP contribution in [0, 0.1) is 13.8 Å². The second-order valence-corrected chi connectivity index (χ2v) is 7.72. The molecule has 0 unspecified atom stereocenters. The lowest BCUT2D eigenvalue weighted by molar-refractivity contribution is 0.102. The van der Waals surface area contributed by atoms with Crippen molar-refractivity contribution in [1.29, 1.82) is 0 Å². The van der Waals surface area contributed by atoms with E-state index in [1.807, 2.05) is 67.8 Å². The van der Waals surface area contributed by atoms with Crippen LogP contribution < -0.4 is 10.1 Å². The molecule has 0 atom stereocenters. The average molecular weight is 420 g/mol. The van der Waals surface area contributed by atoms with E-state index in [-0.39, 0.29) is 11.6 Å². The summed E-state index contributed by atoms with van der Waals surface area (Å²) in [5.41, 5.74) is 4.83. The van der Waals surface area contributed by atoms with Crippen LogP contribution in [-0.4, -0.2) is 33.0 Å². The number of aryl methyl sites for hydroxylation is 1. The van der Waals surface area contributed by atoms with Crippen LogP contribution >= 0.6 is 11.3 Å². The van der Waals surface area contributed by atoms with E-state index in [2.05, 4.69) is 20.6 Å². The normalized spacial score (nSPS) is 10.8. The van der Waals surface area contributed by atoms with Crippen molar-refractivity contribution in [1.82, 2.24) is 20.0 Å². The van der Waals surface area contributed by atoms with Crippen LogP contribution in [0.2, 0.25) is 0 Å². The third kappa shape index (κ3) is 4.08. The average Bonchev–Trinajstić information content (AvgIpc) is 3.36. The number of aromatic nitrogens is 4. The molecule has 0 saturated heterocycles. The van der Waals surface area contributed by atoms with Crippen LogP contribution in [0.1, 0.15) is 27.3 Å². The summed E-state index contributed by atoms with van der Waals surface area (Å²) in [6.07, 6.45) is 0. The summed E-state index contributed by atoms with van der Waals surface area (Å²) in [7, 11) is 1.63. The van der Waals surface area contributed by atoms with Gasteiger partial charge in [-0.15, -0.1) is 16.4 Å². The van der Waals surface area contributed by atoms with Gasteiger partial charge in [0, 0.05) is 10.9 Å². The summed E-state index contributed by atoms with van der Waals surface area (Å²) in [5, 5.41) is 13.4. The fourth-order valence-corrected chi connectivity index (χ4v) is 3.82. The minimum atomic E-state index is -0.330. The molecule has 2 aromatic heterocycles. The summed E-state index contributed by atoms with van der Waals surface area (Å²) in [6.45, 7) is 4.41. The number of amides is 1. The molecule has 8 heteroatoms.